The Kier molecular flexibility index (Phi) is 8.81. The lowest BCUT2D eigenvalue weighted by Crippen LogP contribution is -2.37. The summed E-state index contributed by atoms with van der Waals surface area (Å²) in [7, 11) is -3.48. The van der Waals surface area contributed by atoms with Gasteiger partial charge >= 0.3 is 0 Å². The van der Waals surface area contributed by atoms with Gasteiger partial charge in [-0.1, -0.05) is 25.0 Å². The van der Waals surface area contributed by atoms with Gasteiger partial charge in [-0.25, -0.2) is 8.42 Å². The number of sulfonamides is 1. The van der Waals surface area contributed by atoms with Crippen LogP contribution in [0.1, 0.15) is 51.0 Å². The molecule has 0 spiro atoms. The SMILES string of the molecule is CCOc1cccc(CN2CCC(C(=O)Nc3ccc(S(=O)(=O)N4CCCCCC4)cc3)CC2)c1. The summed E-state index contributed by atoms with van der Waals surface area (Å²) >= 11 is 0. The van der Waals surface area contributed by atoms with Crippen LogP contribution >= 0.6 is 0 Å². The van der Waals surface area contributed by atoms with E-state index in [1.165, 1.54) is 5.56 Å². The first kappa shape index (κ1) is 25.7. The molecule has 2 aliphatic rings. The third kappa shape index (κ3) is 6.84. The molecule has 35 heavy (non-hydrogen) atoms. The zero-order chi connectivity index (χ0) is 24.7. The second-order valence-electron chi connectivity index (χ2n) is 9.46. The number of anilines is 1. The van der Waals surface area contributed by atoms with Gasteiger partial charge in [-0.15, -0.1) is 0 Å². The molecule has 1 amide bonds. The topological polar surface area (TPSA) is 79.0 Å². The lowest BCUT2D eigenvalue weighted by Gasteiger charge is -2.31. The summed E-state index contributed by atoms with van der Waals surface area (Å²) in [6.07, 6.45) is 5.59. The van der Waals surface area contributed by atoms with Gasteiger partial charge in [0.25, 0.3) is 0 Å². The number of carbonyl (C=O) groups is 1. The molecule has 0 radical (unpaired) electrons. The van der Waals surface area contributed by atoms with Crippen LogP contribution in [0.5, 0.6) is 5.75 Å². The molecule has 8 heteroatoms. The fourth-order valence-electron chi connectivity index (χ4n) is 4.90. The summed E-state index contributed by atoms with van der Waals surface area (Å²) in [6, 6.07) is 14.8. The number of nitrogens with zero attached hydrogens (tertiary/aromatic N) is 2. The number of ether oxygens (including phenoxy) is 1. The first-order valence-electron chi connectivity index (χ1n) is 12.8. The Morgan fingerprint density at radius 1 is 0.971 bits per heavy atom. The molecule has 0 aromatic heterocycles. The first-order chi connectivity index (χ1) is 17.0. The highest BCUT2D eigenvalue weighted by Crippen LogP contribution is 2.24. The summed E-state index contributed by atoms with van der Waals surface area (Å²) in [5, 5.41) is 2.98. The number of rotatable bonds is 8. The molecule has 0 bridgehead atoms. The maximum Gasteiger partial charge on any atom is 0.243 e. The Bertz CT molecular complexity index is 1070. The van der Waals surface area contributed by atoms with Crippen molar-refractivity contribution in [2.75, 3.05) is 38.1 Å². The van der Waals surface area contributed by atoms with Gasteiger partial charge in [0.1, 0.15) is 5.75 Å². The monoisotopic (exact) mass is 499 g/mol. The summed E-state index contributed by atoms with van der Waals surface area (Å²) in [5.41, 5.74) is 1.86. The lowest BCUT2D eigenvalue weighted by atomic mass is 9.95. The van der Waals surface area contributed by atoms with Crippen LogP contribution in [0.25, 0.3) is 0 Å². The van der Waals surface area contributed by atoms with Gasteiger partial charge in [0.2, 0.25) is 15.9 Å². The second kappa shape index (κ2) is 12.0. The number of likely N-dealkylation sites (tertiary alicyclic amines) is 1. The highest BCUT2D eigenvalue weighted by atomic mass is 32.2. The van der Waals surface area contributed by atoms with E-state index in [0.29, 0.717) is 30.3 Å². The van der Waals surface area contributed by atoms with Gasteiger partial charge in [-0.2, -0.15) is 4.31 Å². The maximum atomic E-state index is 13.0. The zero-order valence-corrected chi connectivity index (χ0v) is 21.4. The lowest BCUT2D eigenvalue weighted by molar-refractivity contribution is -0.121. The number of hydrogen-bond donors (Lipinski definition) is 1. The minimum atomic E-state index is -3.48. The first-order valence-corrected chi connectivity index (χ1v) is 14.2. The molecule has 2 heterocycles. The Hall–Kier alpha value is -2.42. The molecule has 2 aliphatic heterocycles. The fourth-order valence-corrected chi connectivity index (χ4v) is 6.41. The Morgan fingerprint density at radius 3 is 2.31 bits per heavy atom. The van der Waals surface area contributed by atoms with Crippen LogP contribution in [0.15, 0.2) is 53.4 Å². The van der Waals surface area contributed by atoms with Crippen molar-refractivity contribution in [1.82, 2.24) is 9.21 Å². The minimum absolute atomic E-state index is 0.00567. The standard InChI is InChI=1S/C27H37N3O4S/c1-2-34-25-9-7-8-22(20-25)21-29-18-14-23(15-19-29)27(31)28-24-10-12-26(13-11-24)35(32,33)30-16-5-3-4-6-17-30/h7-13,20,23H,2-6,14-19,21H2,1H3,(H,28,31). The van der Waals surface area contributed by atoms with Crippen molar-refractivity contribution in [2.45, 2.75) is 56.9 Å². The molecule has 0 saturated carbocycles. The zero-order valence-electron chi connectivity index (χ0n) is 20.6. The van der Waals surface area contributed by atoms with Crippen LogP contribution in [0.3, 0.4) is 0 Å². The van der Waals surface area contributed by atoms with E-state index in [9.17, 15) is 13.2 Å². The average Bonchev–Trinajstić information content (AvgIpc) is 3.16. The number of nitrogens with one attached hydrogen (secondary N) is 1. The smallest absolute Gasteiger partial charge is 0.243 e. The van der Waals surface area contributed by atoms with E-state index in [2.05, 4.69) is 22.3 Å². The van der Waals surface area contributed by atoms with Crippen LogP contribution in [-0.4, -0.2) is 56.3 Å². The molecule has 0 aliphatic carbocycles. The molecule has 4 rings (SSSR count). The normalized spacial score (nSPS) is 18.7. The predicted molar refractivity (Wildman–Crippen MR) is 138 cm³/mol. The molecular weight excluding hydrogens is 462 g/mol. The molecule has 7 nitrogen and oxygen atoms in total. The molecule has 2 aromatic carbocycles. The fraction of sp³-hybridized carbons (Fsp3) is 0.519. The van der Waals surface area contributed by atoms with Gasteiger partial charge in [0.05, 0.1) is 11.5 Å². The van der Waals surface area contributed by atoms with Gasteiger partial charge in [0, 0.05) is 31.2 Å². The molecule has 2 fully saturated rings. The molecule has 0 unspecified atom stereocenters. The summed E-state index contributed by atoms with van der Waals surface area (Å²) in [5.74, 6) is 0.858. The molecular formula is C27H37N3O4S. The van der Waals surface area contributed by atoms with Gasteiger partial charge in [-0.3, -0.25) is 9.69 Å². The van der Waals surface area contributed by atoms with Crippen molar-refractivity contribution in [3.63, 3.8) is 0 Å². The third-order valence-corrected chi connectivity index (χ3v) is 8.81. The Labute approximate surface area is 209 Å². The van der Waals surface area contributed by atoms with E-state index in [4.69, 9.17) is 4.74 Å². The largest absolute Gasteiger partial charge is 0.494 e. The van der Waals surface area contributed by atoms with E-state index in [-0.39, 0.29) is 11.8 Å². The van der Waals surface area contributed by atoms with E-state index in [1.807, 2.05) is 19.1 Å². The van der Waals surface area contributed by atoms with Crippen LogP contribution in [0.2, 0.25) is 0 Å². The molecule has 2 aromatic rings. The van der Waals surface area contributed by atoms with Gasteiger partial charge in [0.15, 0.2) is 0 Å². The van der Waals surface area contributed by atoms with Crippen molar-refractivity contribution in [3.05, 3.63) is 54.1 Å². The summed E-state index contributed by atoms with van der Waals surface area (Å²) in [6.45, 7) is 6.38. The Balaban J connectivity index is 1.27. The van der Waals surface area contributed by atoms with E-state index in [0.717, 1.165) is 63.9 Å². The van der Waals surface area contributed by atoms with Crippen molar-refractivity contribution < 1.29 is 17.9 Å². The average molecular weight is 500 g/mol. The minimum Gasteiger partial charge on any atom is -0.494 e. The number of carbonyl (C=O) groups excluding carboxylic acids is 1. The Morgan fingerprint density at radius 2 is 1.66 bits per heavy atom. The molecule has 2 saturated heterocycles. The van der Waals surface area contributed by atoms with Crippen LogP contribution in [0.4, 0.5) is 5.69 Å². The number of benzene rings is 2. The highest BCUT2D eigenvalue weighted by molar-refractivity contribution is 7.89. The van der Waals surface area contributed by atoms with Gasteiger partial charge in [-0.05, 0) is 87.7 Å². The number of amides is 1. The molecule has 1 N–H and O–H groups in total. The quantitative estimate of drug-likeness (QED) is 0.579. The second-order valence-corrected chi connectivity index (χ2v) is 11.4. The number of hydrogen-bond acceptors (Lipinski definition) is 5. The maximum absolute atomic E-state index is 13.0. The highest BCUT2D eigenvalue weighted by Gasteiger charge is 2.27. The molecule has 0 atom stereocenters. The third-order valence-electron chi connectivity index (χ3n) is 6.90. The van der Waals surface area contributed by atoms with Crippen molar-refractivity contribution in [3.8, 4) is 5.75 Å². The van der Waals surface area contributed by atoms with Crippen molar-refractivity contribution >= 4 is 21.6 Å². The summed E-state index contributed by atoms with van der Waals surface area (Å²) in [4.78, 5) is 15.5. The van der Waals surface area contributed by atoms with E-state index in [1.54, 1.807) is 28.6 Å². The summed E-state index contributed by atoms with van der Waals surface area (Å²) < 4.78 is 33.1. The van der Waals surface area contributed by atoms with E-state index < -0.39 is 10.0 Å². The van der Waals surface area contributed by atoms with Crippen LogP contribution in [-0.2, 0) is 21.4 Å². The number of piperidine rings is 1. The van der Waals surface area contributed by atoms with E-state index >= 15 is 0 Å². The van der Waals surface area contributed by atoms with Crippen LogP contribution in [0, 0.1) is 5.92 Å². The molecule has 190 valence electrons. The van der Waals surface area contributed by atoms with Crippen molar-refractivity contribution in [2.24, 2.45) is 5.92 Å². The predicted octanol–water partition coefficient (Wildman–Crippen LogP) is 4.50. The van der Waals surface area contributed by atoms with Crippen molar-refractivity contribution in [1.29, 1.82) is 0 Å². The van der Waals surface area contributed by atoms with Gasteiger partial charge < -0.3 is 10.1 Å². The van der Waals surface area contributed by atoms with Crippen LogP contribution < -0.4 is 10.1 Å².